The molecule has 0 heterocycles. The maximum Gasteiger partial charge on any atom is 0.339 e. The van der Waals surface area contributed by atoms with Gasteiger partial charge in [0.1, 0.15) is 5.56 Å². The first-order chi connectivity index (χ1) is 7.47. The van der Waals surface area contributed by atoms with Crippen LogP contribution in [0.5, 0.6) is 5.75 Å². The summed E-state index contributed by atoms with van der Waals surface area (Å²) in [6.07, 6.45) is 0. The van der Waals surface area contributed by atoms with Gasteiger partial charge in [-0.2, -0.15) is 0 Å². The number of carbonyl (C=O) groups is 1. The lowest BCUT2D eigenvalue weighted by atomic mass is 10.1. The molecule has 0 saturated carbocycles. The SMILES string of the molecule is C=C(C)Nc1ccc(C)c(C(=O)O)c1OC. The molecule has 2 N–H and O–H groups in total. The van der Waals surface area contributed by atoms with Gasteiger partial charge in [-0.15, -0.1) is 0 Å². The van der Waals surface area contributed by atoms with Gasteiger partial charge in [0.15, 0.2) is 5.75 Å². The van der Waals surface area contributed by atoms with Crippen molar-refractivity contribution in [3.05, 3.63) is 35.5 Å². The summed E-state index contributed by atoms with van der Waals surface area (Å²) in [6.45, 7) is 7.23. The zero-order chi connectivity index (χ0) is 12.3. The van der Waals surface area contributed by atoms with E-state index in [1.807, 2.05) is 0 Å². The Morgan fingerprint density at radius 1 is 1.50 bits per heavy atom. The van der Waals surface area contributed by atoms with Gasteiger partial charge in [-0.05, 0) is 25.5 Å². The Balaban J connectivity index is 3.36. The van der Waals surface area contributed by atoms with Gasteiger partial charge in [-0.3, -0.25) is 0 Å². The molecule has 0 saturated heterocycles. The molecule has 0 unspecified atom stereocenters. The highest BCUT2D eigenvalue weighted by molar-refractivity contribution is 5.95. The molecule has 1 rings (SSSR count). The zero-order valence-corrected chi connectivity index (χ0v) is 9.63. The first kappa shape index (κ1) is 12.1. The minimum atomic E-state index is -1.00. The van der Waals surface area contributed by atoms with Gasteiger partial charge >= 0.3 is 5.97 Å². The number of hydrogen-bond acceptors (Lipinski definition) is 3. The van der Waals surface area contributed by atoms with Gasteiger partial charge in [0.05, 0.1) is 12.8 Å². The van der Waals surface area contributed by atoms with E-state index in [4.69, 9.17) is 9.84 Å². The highest BCUT2D eigenvalue weighted by Crippen LogP contribution is 2.32. The molecule has 0 aliphatic heterocycles. The molecule has 0 atom stereocenters. The van der Waals surface area contributed by atoms with Crippen LogP contribution in [0.25, 0.3) is 0 Å². The maximum atomic E-state index is 11.1. The quantitative estimate of drug-likeness (QED) is 0.820. The minimum Gasteiger partial charge on any atom is -0.494 e. The monoisotopic (exact) mass is 221 g/mol. The fraction of sp³-hybridized carbons (Fsp3) is 0.250. The lowest BCUT2D eigenvalue weighted by Crippen LogP contribution is -2.06. The van der Waals surface area contributed by atoms with Crippen LogP contribution in [0, 0.1) is 6.92 Å². The molecule has 86 valence electrons. The Morgan fingerprint density at radius 3 is 2.56 bits per heavy atom. The number of allylic oxidation sites excluding steroid dienone is 1. The summed E-state index contributed by atoms with van der Waals surface area (Å²) in [5, 5.41) is 12.1. The standard InChI is InChI=1S/C12H15NO3/c1-7(2)13-9-6-5-8(3)10(12(14)15)11(9)16-4/h5-6,13H,1H2,2-4H3,(H,14,15). The molecule has 1 aromatic carbocycles. The summed E-state index contributed by atoms with van der Waals surface area (Å²) in [6, 6.07) is 3.51. The number of nitrogens with one attached hydrogen (secondary N) is 1. The van der Waals surface area contributed by atoms with Gasteiger partial charge in [0.2, 0.25) is 0 Å². The van der Waals surface area contributed by atoms with Gasteiger partial charge < -0.3 is 15.2 Å². The lowest BCUT2D eigenvalue weighted by molar-refractivity contribution is 0.0692. The van der Waals surface area contributed by atoms with E-state index in [1.54, 1.807) is 26.0 Å². The second-order valence-corrected chi connectivity index (χ2v) is 3.55. The van der Waals surface area contributed by atoms with Crippen molar-refractivity contribution in [3.63, 3.8) is 0 Å². The van der Waals surface area contributed by atoms with Crippen LogP contribution in [0.3, 0.4) is 0 Å². The molecule has 0 spiro atoms. The number of benzene rings is 1. The maximum absolute atomic E-state index is 11.1. The molecule has 0 aliphatic rings. The molecule has 0 bridgehead atoms. The third-order valence-corrected chi connectivity index (χ3v) is 2.13. The molecule has 0 aliphatic carbocycles. The number of rotatable bonds is 4. The van der Waals surface area contributed by atoms with E-state index in [1.165, 1.54) is 7.11 Å². The fourth-order valence-electron chi connectivity index (χ4n) is 1.49. The number of ether oxygens (including phenoxy) is 1. The highest BCUT2D eigenvalue weighted by atomic mass is 16.5. The van der Waals surface area contributed by atoms with Crippen LogP contribution in [-0.2, 0) is 0 Å². The Hall–Kier alpha value is -1.97. The van der Waals surface area contributed by atoms with Crippen LogP contribution < -0.4 is 10.1 Å². The van der Waals surface area contributed by atoms with Crippen molar-refractivity contribution in [2.75, 3.05) is 12.4 Å². The summed E-state index contributed by atoms with van der Waals surface area (Å²) in [5.41, 5.74) is 2.17. The van der Waals surface area contributed by atoms with Crippen molar-refractivity contribution < 1.29 is 14.6 Å². The number of carboxylic acids is 1. The number of aromatic carboxylic acids is 1. The summed E-state index contributed by atoms with van der Waals surface area (Å²) in [4.78, 5) is 11.1. The first-order valence-corrected chi connectivity index (χ1v) is 4.80. The topological polar surface area (TPSA) is 58.6 Å². The van der Waals surface area contributed by atoms with Crippen LogP contribution in [0.4, 0.5) is 5.69 Å². The molecule has 16 heavy (non-hydrogen) atoms. The molecule has 4 heteroatoms. The second kappa shape index (κ2) is 4.70. The van der Waals surface area contributed by atoms with E-state index in [-0.39, 0.29) is 5.56 Å². The number of hydrogen-bond donors (Lipinski definition) is 2. The lowest BCUT2D eigenvalue weighted by Gasteiger charge is -2.14. The number of anilines is 1. The van der Waals surface area contributed by atoms with Crippen molar-refractivity contribution in [2.45, 2.75) is 13.8 Å². The van der Waals surface area contributed by atoms with Gasteiger partial charge in [0, 0.05) is 5.70 Å². The van der Waals surface area contributed by atoms with Gasteiger partial charge in [-0.25, -0.2) is 4.79 Å². The normalized spacial score (nSPS) is 9.69. The van der Waals surface area contributed by atoms with Crippen molar-refractivity contribution in [3.8, 4) is 5.75 Å². The Labute approximate surface area is 94.6 Å². The van der Waals surface area contributed by atoms with Gasteiger partial charge in [-0.1, -0.05) is 12.6 Å². The summed E-state index contributed by atoms with van der Waals surface area (Å²) >= 11 is 0. The molecule has 0 amide bonds. The Bertz CT molecular complexity index is 438. The van der Waals surface area contributed by atoms with Crippen LogP contribution in [0.2, 0.25) is 0 Å². The average molecular weight is 221 g/mol. The molecule has 0 fully saturated rings. The Kier molecular flexibility index (Phi) is 3.55. The van der Waals surface area contributed by atoms with E-state index < -0.39 is 5.97 Å². The fourth-order valence-corrected chi connectivity index (χ4v) is 1.49. The molecule has 1 aromatic rings. The molecule has 0 aromatic heterocycles. The third-order valence-electron chi connectivity index (χ3n) is 2.13. The van der Waals surface area contributed by atoms with Gasteiger partial charge in [0.25, 0.3) is 0 Å². The predicted octanol–water partition coefficient (Wildman–Crippen LogP) is 2.65. The second-order valence-electron chi connectivity index (χ2n) is 3.55. The molecular formula is C12H15NO3. The van der Waals surface area contributed by atoms with Crippen molar-refractivity contribution in [1.82, 2.24) is 0 Å². The van der Waals surface area contributed by atoms with Crippen molar-refractivity contribution >= 4 is 11.7 Å². The van der Waals surface area contributed by atoms with E-state index in [0.29, 0.717) is 17.0 Å². The van der Waals surface area contributed by atoms with E-state index in [2.05, 4.69) is 11.9 Å². The molecule has 0 radical (unpaired) electrons. The number of methoxy groups -OCH3 is 1. The van der Waals surface area contributed by atoms with E-state index >= 15 is 0 Å². The van der Waals surface area contributed by atoms with E-state index in [9.17, 15) is 4.79 Å². The third kappa shape index (κ3) is 2.34. The van der Waals surface area contributed by atoms with Crippen LogP contribution in [0.15, 0.2) is 24.4 Å². The van der Waals surface area contributed by atoms with E-state index in [0.717, 1.165) is 5.70 Å². The minimum absolute atomic E-state index is 0.175. The summed E-state index contributed by atoms with van der Waals surface area (Å²) in [5.74, 6) is -0.671. The summed E-state index contributed by atoms with van der Waals surface area (Å²) in [7, 11) is 1.45. The molecule has 4 nitrogen and oxygen atoms in total. The zero-order valence-electron chi connectivity index (χ0n) is 9.63. The van der Waals surface area contributed by atoms with Crippen molar-refractivity contribution in [2.24, 2.45) is 0 Å². The average Bonchev–Trinajstić information content (AvgIpc) is 2.18. The number of carboxylic acid groups (broad SMARTS) is 1. The first-order valence-electron chi connectivity index (χ1n) is 4.80. The molecular weight excluding hydrogens is 206 g/mol. The highest BCUT2D eigenvalue weighted by Gasteiger charge is 2.17. The Morgan fingerprint density at radius 2 is 2.12 bits per heavy atom. The summed E-state index contributed by atoms with van der Waals surface area (Å²) < 4.78 is 5.14. The number of aryl methyl sites for hydroxylation is 1. The van der Waals surface area contributed by atoms with Crippen LogP contribution in [0.1, 0.15) is 22.8 Å². The van der Waals surface area contributed by atoms with Crippen LogP contribution >= 0.6 is 0 Å². The largest absolute Gasteiger partial charge is 0.494 e. The predicted molar refractivity (Wildman–Crippen MR) is 63.1 cm³/mol. The van der Waals surface area contributed by atoms with Crippen molar-refractivity contribution in [1.29, 1.82) is 0 Å². The van der Waals surface area contributed by atoms with Crippen LogP contribution in [-0.4, -0.2) is 18.2 Å². The smallest absolute Gasteiger partial charge is 0.339 e.